The number of hydrogen-bond acceptors (Lipinski definition) is 5. The highest BCUT2D eigenvalue weighted by molar-refractivity contribution is 7.09. The van der Waals surface area contributed by atoms with Gasteiger partial charge in [0.2, 0.25) is 0 Å². The van der Waals surface area contributed by atoms with Gasteiger partial charge in [-0.3, -0.25) is 16.3 Å². The van der Waals surface area contributed by atoms with Crippen molar-refractivity contribution < 1.29 is 0 Å². The predicted molar refractivity (Wildman–Crippen MR) is 69.5 cm³/mol. The summed E-state index contributed by atoms with van der Waals surface area (Å²) >= 11 is 1.67. The van der Waals surface area contributed by atoms with E-state index in [1.807, 2.05) is 36.0 Å². The maximum Gasteiger partial charge on any atom is 0.0940 e. The molecule has 0 bridgehead atoms. The number of nitrogens with two attached hydrogens (primary N) is 1. The number of rotatable bonds is 6. The van der Waals surface area contributed by atoms with E-state index in [1.165, 1.54) is 0 Å². The van der Waals surface area contributed by atoms with Crippen LogP contribution in [0.15, 0.2) is 36.0 Å². The van der Waals surface area contributed by atoms with Crippen molar-refractivity contribution in [3.8, 4) is 0 Å². The first-order valence-corrected chi connectivity index (χ1v) is 6.51. The number of thiazole rings is 1. The van der Waals surface area contributed by atoms with Crippen LogP contribution in [0.4, 0.5) is 0 Å². The Morgan fingerprint density at radius 3 is 2.88 bits per heavy atom. The Morgan fingerprint density at radius 2 is 2.24 bits per heavy atom. The van der Waals surface area contributed by atoms with E-state index in [9.17, 15) is 0 Å². The van der Waals surface area contributed by atoms with Crippen LogP contribution in [0, 0.1) is 0 Å². The molecule has 0 aromatic carbocycles. The lowest BCUT2D eigenvalue weighted by Gasteiger charge is -2.13. The molecule has 2 rings (SSSR count). The first-order valence-electron chi connectivity index (χ1n) is 5.63. The number of pyridine rings is 1. The summed E-state index contributed by atoms with van der Waals surface area (Å²) in [5, 5.41) is 3.11. The van der Waals surface area contributed by atoms with Crippen LogP contribution in [0.5, 0.6) is 0 Å². The molecule has 5 heteroatoms. The minimum Gasteiger partial charge on any atom is -0.271 e. The number of hydrogen-bond donors (Lipinski definition) is 2. The van der Waals surface area contributed by atoms with Gasteiger partial charge in [-0.1, -0.05) is 6.07 Å². The zero-order valence-electron chi connectivity index (χ0n) is 9.54. The minimum absolute atomic E-state index is 0.253. The van der Waals surface area contributed by atoms with Crippen LogP contribution >= 0.6 is 11.3 Å². The molecule has 2 aromatic rings. The monoisotopic (exact) mass is 248 g/mol. The third kappa shape index (κ3) is 3.89. The van der Waals surface area contributed by atoms with Crippen LogP contribution in [-0.2, 0) is 12.8 Å². The summed E-state index contributed by atoms with van der Waals surface area (Å²) in [4.78, 5) is 8.57. The minimum atomic E-state index is 0.253. The molecule has 17 heavy (non-hydrogen) atoms. The number of nitrogens with one attached hydrogen (secondary N) is 1. The Balaban J connectivity index is 1.84. The van der Waals surface area contributed by atoms with Crippen molar-refractivity contribution >= 4 is 11.3 Å². The molecule has 4 nitrogen and oxygen atoms in total. The van der Waals surface area contributed by atoms with Gasteiger partial charge >= 0.3 is 0 Å². The van der Waals surface area contributed by atoms with Crippen LogP contribution in [0.3, 0.4) is 0 Å². The van der Waals surface area contributed by atoms with Crippen molar-refractivity contribution in [3.63, 3.8) is 0 Å². The summed E-state index contributed by atoms with van der Waals surface area (Å²) in [6.45, 7) is 0. The molecule has 90 valence electrons. The Hall–Kier alpha value is -1.30. The van der Waals surface area contributed by atoms with E-state index in [2.05, 4.69) is 15.4 Å². The van der Waals surface area contributed by atoms with Crippen molar-refractivity contribution in [2.75, 3.05) is 0 Å². The standard InChI is InChI=1S/C12H16N4S/c13-16-11(9-12-15-7-8-17-12)5-4-10-3-1-2-6-14-10/h1-3,6-8,11,16H,4-5,9,13H2. The Kier molecular flexibility index (Phi) is 4.61. The molecule has 0 fully saturated rings. The fourth-order valence-electron chi connectivity index (χ4n) is 1.68. The molecule has 3 N–H and O–H groups in total. The van der Waals surface area contributed by atoms with E-state index < -0.39 is 0 Å². The number of nitrogens with zero attached hydrogens (tertiary/aromatic N) is 2. The average molecular weight is 248 g/mol. The van der Waals surface area contributed by atoms with Gasteiger partial charge in [0.1, 0.15) is 0 Å². The lowest BCUT2D eigenvalue weighted by atomic mass is 10.1. The third-order valence-corrected chi connectivity index (χ3v) is 3.42. The maximum atomic E-state index is 5.56. The highest BCUT2D eigenvalue weighted by Crippen LogP contribution is 2.10. The number of aryl methyl sites for hydroxylation is 1. The quantitative estimate of drug-likeness (QED) is 0.601. The molecule has 2 aromatic heterocycles. The topological polar surface area (TPSA) is 63.8 Å². The number of hydrazine groups is 1. The van der Waals surface area contributed by atoms with E-state index >= 15 is 0 Å². The number of aromatic nitrogens is 2. The predicted octanol–water partition coefficient (Wildman–Crippen LogP) is 1.55. The molecule has 0 radical (unpaired) electrons. The van der Waals surface area contributed by atoms with Gasteiger partial charge in [0.05, 0.1) is 5.01 Å². The van der Waals surface area contributed by atoms with Crippen LogP contribution in [-0.4, -0.2) is 16.0 Å². The molecule has 0 aliphatic rings. The largest absolute Gasteiger partial charge is 0.271 e. The zero-order valence-corrected chi connectivity index (χ0v) is 10.4. The summed E-state index contributed by atoms with van der Waals surface area (Å²) in [7, 11) is 0. The molecule has 0 spiro atoms. The van der Waals surface area contributed by atoms with Crippen molar-refractivity contribution in [1.82, 2.24) is 15.4 Å². The molecule has 0 saturated carbocycles. The third-order valence-electron chi connectivity index (χ3n) is 2.62. The second-order valence-corrected chi connectivity index (χ2v) is 4.83. The smallest absolute Gasteiger partial charge is 0.0940 e. The van der Waals surface area contributed by atoms with E-state index in [4.69, 9.17) is 5.84 Å². The van der Waals surface area contributed by atoms with Gasteiger partial charge in [-0.25, -0.2) is 4.98 Å². The summed E-state index contributed by atoms with van der Waals surface area (Å²) in [6.07, 6.45) is 6.42. The first kappa shape index (κ1) is 12.2. The maximum absolute atomic E-state index is 5.56. The van der Waals surface area contributed by atoms with Crippen LogP contribution in [0.1, 0.15) is 17.1 Å². The van der Waals surface area contributed by atoms with Crippen molar-refractivity contribution in [1.29, 1.82) is 0 Å². The SMILES string of the molecule is NNC(CCc1ccccn1)Cc1nccs1. The Labute approximate surface area is 105 Å². The zero-order chi connectivity index (χ0) is 11.9. The van der Waals surface area contributed by atoms with Crippen LogP contribution < -0.4 is 11.3 Å². The van der Waals surface area contributed by atoms with Gasteiger partial charge in [0.15, 0.2) is 0 Å². The van der Waals surface area contributed by atoms with Crippen LogP contribution in [0.2, 0.25) is 0 Å². The fourth-order valence-corrected chi connectivity index (χ4v) is 2.37. The molecular weight excluding hydrogens is 232 g/mol. The van der Waals surface area contributed by atoms with Crippen molar-refractivity contribution in [2.45, 2.75) is 25.3 Å². The summed E-state index contributed by atoms with van der Waals surface area (Å²) in [5.74, 6) is 5.56. The molecule has 0 saturated heterocycles. The second kappa shape index (κ2) is 6.44. The van der Waals surface area contributed by atoms with E-state index in [0.717, 1.165) is 30.0 Å². The van der Waals surface area contributed by atoms with Gasteiger partial charge < -0.3 is 0 Å². The van der Waals surface area contributed by atoms with E-state index in [0.29, 0.717) is 0 Å². The second-order valence-electron chi connectivity index (χ2n) is 3.85. The lowest BCUT2D eigenvalue weighted by Crippen LogP contribution is -2.37. The Morgan fingerprint density at radius 1 is 1.29 bits per heavy atom. The van der Waals surface area contributed by atoms with E-state index in [1.54, 1.807) is 11.3 Å². The molecule has 0 amide bonds. The van der Waals surface area contributed by atoms with E-state index in [-0.39, 0.29) is 6.04 Å². The average Bonchev–Trinajstić information content (AvgIpc) is 2.88. The molecular formula is C12H16N4S. The Bertz CT molecular complexity index is 415. The molecule has 1 atom stereocenters. The first-order chi connectivity index (χ1) is 8.38. The summed E-state index contributed by atoms with van der Waals surface area (Å²) in [5.41, 5.74) is 3.95. The molecule has 0 aliphatic carbocycles. The van der Waals surface area contributed by atoms with Gasteiger partial charge in [-0.2, -0.15) is 0 Å². The summed E-state index contributed by atoms with van der Waals surface area (Å²) < 4.78 is 0. The normalized spacial score (nSPS) is 12.5. The van der Waals surface area contributed by atoms with Gasteiger partial charge in [-0.05, 0) is 25.0 Å². The lowest BCUT2D eigenvalue weighted by molar-refractivity contribution is 0.488. The fraction of sp³-hybridized carbons (Fsp3) is 0.333. The molecule has 1 unspecified atom stereocenters. The summed E-state index contributed by atoms with van der Waals surface area (Å²) in [6, 6.07) is 6.23. The molecule has 2 heterocycles. The van der Waals surface area contributed by atoms with Crippen molar-refractivity contribution in [2.24, 2.45) is 5.84 Å². The highest BCUT2D eigenvalue weighted by atomic mass is 32.1. The highest BCUT2D eigenvalue weighted by Gasteiger charge is 2.09. The van der Waals surface area contributed by atoms with Gasteiger partial charge in [0.25, 0.3) is 0 Å². The molecule has 0 aliphatic heterocycles. The van der Waals surface area contributed by atoms with Gasteiger partial charge in [-0.15, -0.1) is 11.3 Å². The van der Waals surface area contributed by atoms with Crippen molar-refractivity contribution in [3.05, 3.63) is 46.7 Å². The van der Waals surface area contributed by atoms with Gasteiger partial charge in [0, 0.05) is 35.9 Å². The van der Waals surface area contributed by atoms with Crippen LogP contribution in [0.25, 0.3) is 0 Å².